The van der Waals surface area contributed by atoms with E-state index in [1.165, 1.54) is 12.1 Å². The van der Waals surface area contributed by atoms with Gasteiger partial charge in [0.2, 0.25) is 0 Å². The molecular weight excluding hydrogens is 322 g/mol. The number of carbonyl (C=O) groups excluding carboxylic acids is 1. The van der Waals surface area contributed by atoms with E-state index >= 15 is 0 Å². The van der Waals surface area contributed by atoms with Crippen LogP contribution in [-0.4, -0.2) is 10.9 Å². The summed E-state index contributed by atoms with van der Waals surface area (Å²) in [5.41, 5.74) is -0.0304. The second-order valence-electron chi connectivity index (χ2n) is 6.92. The number of carbonyl (C=O) groups is 1. The van der Waals surface area contributed by atoms with Crippen LogP contribution in [0.1, 0.15) is 36.7 Å². The topological polar surface area (TPSA) is 42.0 Å². The Morgan fingerprint density at radius 2 is 1.76 bits per heavy atom. The molecule has 0 aliphatic heterocycles. The van der Waals surface area contributed by atoms with Crippen LogP contribution in [0.4, 0.5) is 14.5 Å². The van der Waals surface area contributed by atoms with Crippen LogP contribution in [0.5, 0.6) is 0 Å². The molecule has 3 rings (SSSR count). The molecule has 0 bridgehead atoms. The van der Waals surface area contributed by atoms with Gasteiger partial charge in [0.1, 0.15) is 17.2 Å². The van der Waals surface area contributed by atoms with Crippen molar-refractivity contribution in [3.63, 3.8) is 0 Å². The van der Waals surface area contributed by atoms with Crippen LogP contribution in [-0.2, 0) is 5.41 Å². The number of fused-ring (bicyclic) bond motifs is 1. The summed E-state index contributed by atoms with van der Waals surface area (Å²) in [5.74, 6) is -2.56. The first-order chi connectivity index (χ1) is 11.8. The third-order valence-corrected chi connectivity index (χ3v) is 4.06. The molecule has 5 heteroatoms. The van der Waals surface area contributed by atoms with E-state index in [1.54, 1.807) is 30.6 Å². The highest BCUT2D eigenvalue weighted by Crippen LogP contribution is 2.28. The number of nitrogens with one attached hydrogen (secondary N) is 1. The number of rotatable bonds is 2. The lowest BCUT2D eigenvalue weighted by Gasteiger charge is -2.20. The molecule has 3 aromatic rings. The van der Waals surface area contributed by atoms with E-state index in [-0.39, 0.29) is 0 Å². The zero-order valence-electron chi connectivity index (χ0n) is 14.2. The molecule has 1 heterocycles. The summed E-state index contributed by atoms with van der Waals surface area (Å²) in [4.78, 5) is 16.5. The molecule has 1 aromatic heterocycles. The van der Waals surface area contributed by atoms with Crippen molar-refractivity contribution in [2.75, 3.05) is 5.32 Å². The minimum absolute atomic E-state index is 0.417. The number of halogens is 2. The Balaban J connectivity index is 1.99. The Labute approximate surface area is 144 Å². The fraction of sp³-hybridized carbons (Fsp3) is 0.200. The van der Waals surface area contributed by atoms with Crippen LogP contribution in [0, 0.1) is 11.6 Å². The average Bonchev–Trinajstić information content (AvgIpc) is 2.53. The smallest absolute Gasteiger partial charge is 0.261 e. The van der Waals surface area contributed by atoms with Crippen LogP contribution < -0.4 is 5.32 Å². The first-order valence-electron chi connectivity index (χ1n) is 7.91. The van der Waals surface area contributed by atoms with Gasteiger partial charge in [0.15, 0.2) is 0 Å². The van der Waals surface area contributed by atoms with Crippen molar-refractivity contribution in [1.29, 1.82) is 0 Å². The summed E-state index contributed by atoms with van der Waals surface area (Å²) in [6.07, 6.45) is 3.25. The van der Waals surface area contributed by atoms with Crippen LogP contribution in [0.2, 0.25) is 0 Å². The number of pyridine rings is 1. The summed E-state index contributed by atoms with van der Waals surface area (Å²) < 4.78 is 28.8. The third-order valence-electron chi connectivity index (χ3n) is 4.06. The highest BCUT2D eigenvalue weighted by atomic mass is 19.1. The minimum Gasteiger partial charge on any atom is -0.321 e. The minimum atomic E-state index is -0.871. The van der Waals surface area contributed by atoms with Crippen molar-refractivity contribution in [2.45, 2.75) is 26.2 Å². The van der Waals surface area contributed by atoms with Crippen molar-refractivity contribution in [2.24, 2.45) is 0 Å². The van der Waals surface area contributed by atoms with Crippen molar-refractivity contribution in [3.8, 4) is 0 Å². The van der Waals surface area contributed by atoms with Crippen molar-refractivity contribution >= 4 is 22.4 Å². The number of hydrogen-bond acceptors (Lipinski definition) is 2. The zero-order chi connectivity index (χ0) is 18.2. The number of hydrogen-bond donors (Lipinski definition) is 1. The van der Waals surface area contributed by atoms with Crippen LogP contribution in [0.15, 0.2) is 48.8 Å². The molecule has 0 radical (unpaired) electrons. The fourth-order valence-electron chi connectivity index (χ4n) is 2.64. The number of anilines is 1. The Morgan fingerprint density at radius 1 is 1.08 bits per heavy atom. The molecule has 0 atom stereocenters. The lowest BCUT2D eigenvalue weighted by Crippen LogP contribution is -2.19. The molecule has 0 saturated heterocycles. The van der Waals surface area contributed by atoms with Gasteiger partial charge in [-0.2, -0.15) is 0 Å². The van der Waals surface area contributed by atoms with E-state index in [4.69, 9.17) is 0 Å². The lowest BCUT2D eigenvalue weighted by atomic mass is 9.86. The fourth-order valence-corrected chi connectivity index (χ4v) is 2.64. The molecule has 3 nitrogen and oxygen atoms in total. The van der Waals surface area contributed by atoms with Crippen LogP contribution in [0.25, 0.3) is 10.8 Å². The molecule has 25 heavy (non-hydrogen) atoms. The van der Waals surface area contributed by atoms with Gasteiger partial charge in [0.25, 0.3) is 5.91 Å². The Bertz CT molecular complexity index is 933. The summed E-state index contributed by atoms with van der Waals surface area (Å²) >= 11 is 0. The molecule has 1 amide bonds. The van der Waals surface area contributed by atoms with Gasteiger partial charge in [0.05, 0.1) is 0 Å². The van der Waals surface area contributed by atoms with Gasteiger partial charge >= 0.3 is 0 Å². The van der Waals surface area contributed by atoms with Gasteiger partial charge < -0.3 is 5.32 Å². The summed E-state index contributed by atoms with van der Waals surface area (Å²) in [7, 11) is 0. The average molecular weight is 340 g/mol. The first-order valence-corrected chi connectivity index (χ1v) is 7.91. The number of amides is 1. The number of aromatic nitrogens is 1. The Morgan fingerprint density at radius 3 is 2.40 bits per heavy atom. The maximum atomic E-state index is 14.4. The van der Waals surface area contributed by atoms with Crippen LogP contribution in [0.3, 0.4) is 0 Å². The second-order valence-corrected chi connectivity index (χ2v) is 6.92. The van der Waals surface area contributed by atoms with Gasteiger partial charge in [-0.1, -0.05) is 32.9 Å². The van der Waals surface area contributed by atoms with E-state index in [0.29, 0.717) is 11.3 Å². The van der Waals surface area contributed by atoms with Crippen molar-refractivity contribution in [1.82, 2.24) is 4.98 Å². The molecule has 1 N–H and O–H groups in total. The van der Waals surface area contributed by atoms with Crippen molar-refractivity contribution in [3.05, 3.63) is 71.6 Å². The lowest BCUT2D eigenvalue weighted by molar-refractivity contribution is 0.101. The predicted molar refractivity (Wildman–Crippen MR) is 94.8 cm³/mol. The molecule has 0 fully saturated rings. The van der Waals surface area contributed by atoms with Gasteiger partial charge in [-0.15, -0.1) is 0 Å². The summed E-state index contributed by atoms with van der Waals surface area (Å²) in [6.45, 7) is 5.56. The zero-order valence-corrected chi connectivity index (χ0v) is 14.2. The largest absolute Gasteiger partial charge is 0.321 e. The molecule has 128 valence electrons. The highest BCUT2D eigenvalue weighted by molar-refractivity contribution is 6.09. The van der Waals surface area contributed by atoms with E-state index in [2.05, 4.69) is 10.3 Å². The first kappa shape index (κ1) is 17.0. The standard InChI is InChI=1S/C20H18F2N2O/c1-20(2,3)13-9-15(21)18(16(22)10-13)19(25)24-17-6-4-5-12-11-23-8-7-14(12)17/h4-11H,1-3H3,(H,24,25). The van der Waals surface area contributed by atoms with E-state index < -0.39 is 28.5 Å². The van der Waals surface area contributed by atoms with Gasteiger partial charge in [-0.25, -0.2) is 8.78 Å². The SMILES string of the molecule is CC(C)(C)c1cc(F)c(C(=O)Nc2cccc3cnccc23)c(F)c1. The highest BCUT2D eigenvalue weighted by Gasteiger charge is 2.23. The normalized spacial score (nSPS) is 11.6. The Kier molecular flexibility index (Phi) is 4.25. The second kappa shape index (κ2) is 6.24. The van der Waals surface area contributed by atoms with Crippen LogP contribution >= 0.6 is 0 Å². The number of benzene rings is 2. The molecule has 0 unspecified atom stereocenters. The molecular formula is C20H18F2N2O. The molecule has 0 aliphatic rings. The molecule has 0 aliphatic carbocycles. The maximum absolute atomic E-state index is 14.4. The summed E-state index contributed by atoms with van der Waals surface area (Å²) in [6, 6.07) is 9.43. The van der Waals surface area contributed by atoms with Gasteiger partial charge in [-0.05, 0) is 35.2 Å². The van der Waals surface area contributed by atoms with Gasteiger partial charge in [-0.3, -0.25) is 9.78 Å². The maximum Gasteiger partial charge on any atom is 0.261 e. The third kappa shape index (κ3) is 3.36. The van der Waals surface area contributed by atoms with E-state index in [1.807, 2.05) is 26.8 Å². The Hall–Kier alpha value is -2.82. The molecule has 0 spiro atoms. The monoisotopic (exact) mass is 340 g/mol. The van der Waals surface area contributed by atoms with Gasteiger partial charge in [0, 0.05) is 28.9 Å². The molecule has 0 saturated carbocycles. The van der Waals surface area contributed by atoms with Crippen molar-refractivity contribution < 1.29 is 13.6 Å². The van der Waals surface area contributed by atoms with E-state index in [0.717, 1.165) is 10.8 Å². The predicted octanol–water partition coefficient (Wildman–Crippen LogP) is 5.06. The quantitative estimate of drug-likeness (QED) is 0.708. The number of nitrogens with zero attached hydrogens (tertiary/aromatic N) is 1. The summed E-state index contributed by atoms with van der Waals surface area (Å²) in [5, 5.41) is 4.17. The molecule has 2 aromatic carbocycles. The van der Waals surface area contributed by atoms with E-state index in [9.17, 15) is 13.6 Å².